The van der Waals surface area contributed by atoms with Crippen molar-refractivity contribution in [2.45, 2.75) is 65.1 Å². The van der Waals surface area contributed by atoms with Crippen LogP contribution >= 0.6 is 0 Å². The Morgan fingerprint density at radius 3 is 2.62 bits per heavy atom. The second-order valence-corrected chi connectivity index (χ2v) is 6.64. The van der Waals surface area contributed by atoms with Gasteiger partial charge >= 0.3 is 0 Å². The number of hydrogen-bond acceptors (Lipinski definition) is 2. The molecule has 0 spiro atoms. The summed E-state index contributed by atoms with van der Waals surface area (Å²) in [5.41, 5.74) is 2.79. The van der Waals surface area contributed by atoms with Crippen LogP contribution < -0.4 is 5.32 Å². The number of ether oxygens (including phenoxy) is 1. The molecule has 1 aliphatic rings. The highest BCUT2D eigenvalue weighted by atomic mass is 16.5. The van der Waals surface area contributed by atoms with Gasteiger partial charge in [0.25, 0.3) is 0 Å². The standard InChI is InChI=1S/C19H31NO/c1-4-11-20-14-18(13-19-10-7-16(3)21-19)12-17-8-5-15(2)6-9-17/h5-6,8-9,16,18-20H,4,7,10-14H2,1-3H3. The van der Waals surface area contributed by atoms with E-state index in [0.29, 0.717) is 18.1 Å². The van der Waals surface area contributed by atoms with Gasteiger partial charge in [-0.2, -0.15) is 0 Å². The van der Waals surface area contributed by atoms with Crippen molar-refractivity contribution < 1.29 is 4.74 Å². The van der Waals surface area contributed by atoms with Crippen molar-refractivity contribution in [3.8, 4) is 0 Å². The van der Waals surface area contributed by atoms with Gasteiger partial charge in [0, 0.05) is 0 Å². The van der Waals surface area contributed by atoms with Crippen molar-refractivity contribution in [3.05, 3.63) is 35.4 Å². The molecule has 1 saturated heterocycles. The van der Waals surface area contributed by atoms with Crippen molar-refractivity contribution >= 4 is 0 Å². The van der Waals surface area contributed by atoms with E-state index in [1.54, 1.807) is 0 Å². The summed E-state index contributed by atoms with van der Waals surface area (Å²) < 4.78 is 6.03. The number of rotatable bonds is 8. The fraction of sp³-hybridized carbons (Fsp3) is 0.684. The number of aryl methyl sites for hydroxylation is 1. The summed E-state index contributed by atoms with van der Waals surface area (Å²) in [7, 11) is 0. The molecule has 3 atom stereocenters. The Kier molecular flexibility index (Phi) is 6.72. The first-order valence-electron chi connectivity index (χ1n) is 8.59. The van der Waals surface area contributed by atoms with Gasteiger partial charge in [-0.3, -0.25) is 0 Å². The van der Waals surface area contributed by atoms with Crippen LogP contribution in [-0.2, 0) is 11.2 Å². The van der Waals surface area contributed by atoms with Crippen LogP contribution in [0.15, 0.2) is 24.3 Å². The second kappa shape index (κ2) is 8.55. The Hall–Kier alpha value is -0.860. The Labute approximate surface area is 130 Å². The zero-order valence-corrected chi connectivity index (χ0v) is 13.9. The van der Waals surface area contributed by atoms with Crippen LogP contribution in [0.4, 0.5) is 0 Å². The molecule has 3 unspecified atom stereocenters. The summed E-state index contributed by atoms with van der Waals surface area (Å²) in [5, 5.41) is 3.60. The van der Waals surface area contributed by atoms with Crippen LogP contribution in [0, 0.1) is 12.8 Å². The van der Waals surface area contributed by atoms with Crippen molar-refractivity contribution in [1.29, 1.82) is 0 Å². The first-order valence-corrected chi connectivity index (χ1v) is 8.59. The molecule has 0 aromatic heterocycles. The van der Waals surface area contributed by atoms with Crippen molar-refractivity contribution in [2.75, 3.05) is 13.1 Å². The first-order chi connectivity index (χ1) is 10.2. The third-order valence-corrected chi connectivity index (χ3v) is 4.42. The maximum Gasteiger partial charge on any atom is 0.0583 e. The molecular formula is C19H31NO. The molecule has 0 aliphatic carbocycles. The van der Waals surface area contributed by atoms with Gasteiger partial charge in [0.2, 0.25) is 0 Å². The smallest absolute Gasteiger partial charge is 0.0583 e. The molecule has 2 heteroatoms. The van der Waals surface area contributed by atoms with Gasteiger partial charge < -0.3 is 10.1 Å². The maximum absolute atomic E-state index is 6.03. The first kappa shape index (κ1) is 16.5. The van der Waals surface area contributed by atoms with E-state index in [9.17, 15) is 0 Å². The number of benzene rings is 1. The predicted molar refractivity (Wildman–Crippen MR) is 89.7 cm³/mol. The third-order valence-electron chi connectivity index (χ3n) is 4.42. The molecule has 0 saturated carbocycles. The summed E-state index contributed by atoms with van der Waals surface area (Å²) in [4.78, 5) is 0. The Balaban J connectivity index is 1.89. The lowest BCUT2D eigenvalue weighted by molar-refractivity contribution is 0.0408. The number of hydrogen-bond donors (Lipinski definition) is 1. The Bertz CT molecular complexity index is 401. The van der Waals surface area contributed by atoms with Crippen molar-refractivity contribution in [1.82, 2.24) is 5.32 Å². The topological polar surface area (TPSA) is 21.3 Å². The summed E-state index contributed by atoms with van der Waals surface area (Å²) >= 11 is 0. The summed E-state index contributed by atoms with van der Waals surface area (Å²) in [6, 6.07) is 9.00. The van der Waals surface area contributed by atoms with Crippen LogP contribution in [0.5, 0.6) is 0 Å². The zero-order chi connectivity index (χ0) is 15.1. The number of nitrogens with one attached hydrogen (secondary N) is 1. The average Bonchev–Trinajstić information content (AvgIpc) is 2.87. The van der Waals surface area contributed by atoms with E-state index in [1.165, 1.54) is 36.8 Å². The fourth-order valence-corrected chi connectivity index (χ4v) is 3.21. The van der Waals surface area contributed by atoms with Crippen LogP contribution in [0.25, 0.3) is 0 Å². The molecule has 1 heterocycles. The molecule has 1 aliphatic heterocycles. The van der Waals surface area contributed by atoms with Gasteiger partial charge in [0.1, 0.15) is 0 Å². The van der Waals surface area contributed by atoms with E-state index in [4.69, 9.17) is 4.74 Å². The molecule has 0 amide bonds. The fourth-order valence-electron chi connectivity index (χ4n) is 3.21. The SMILES string of the molecule is CCCNCC(Cc1ccc(C)cc1)CC1CCC(C)O1. The second-order valence-electron chi connectivity index (χ2n) is 6.64. The van der Waals surface area contributed by atoms with Crippen LogP contribution in [0.1, 0.15) is 50.7 Å². The minimum Gasteiger partial charge on any atom is -0.375 e. The molecular weight excluding hydrogens is 258 g/mol. The minimum absolute atomic E-state index is 0.457. The average molecular weight is 289 g/mol. The highest BCUT2D eigenvalue weighted by Gasteiger charge is 2.25. The van der Waals surface area contributed by atoms with E-state index in [2.05, 4.69) is 50.4 Å². The van der Waals surface area contributed by atoms with E-state index in [-0.39, 0.29) is 0 Å². The van der Waals surface area contributed by atoms with Crippen molar-refractivity contribution in [3.63, 3.8) is 0 Å². The molecule has 0 radical (unpaired) electrons. The quantitative estimate of drug-likeness (QED) is 0.727. The van der Waals surface area contributed by atoms with E-state index in [1.807, 2.05) is 0 Å². The monoisotopic (exact) mass is 289 g/mol. The highest BCUT2D eigenvalue weighted by Crippen LogP contribution is 2.26. The molecule has 1 N–H and O–H groups in total. The lowest BCUT2D eigenvalue weighted by atomic mass is 9.92. The van der Waals surface area contributed by atoms with Gasteiger partial charge in [-0.15, -0.1) is 0 Å². The summed E-state index contributed by atoms with van der Waals surface area (Å²) in [6.07, 6.45) is 6.94. The summed E-state index contributed by atoms with van der Waals surface area (Å²) in [6.45, 7) is 8.80. The Morgan fingerprint density at radius 2 is 2.00 bits per heavy atom. The highest BCUT2D eigenvalue weighted by molar-refractivity contribution is 5.21. The van der Waals surface area contributed by atoms with Crippen LogP contribution in [0.2, 0.25) is 0 Å². The van der Waals surface area contributed by atoms with Gasteiger partial charge in [-0.05, 0) is 70.5 Å². The van der Waals surface area contributed by atoms with Gasteiger partial charge in [0.05, 0.1) is 12.2 Å². The van der Waals surface area contributed by atoms with Crippen LogP contribution in [-0.4, -0.2) is 25.3 Å². The predicted octanol–water partition coefficient (Wildman–Crippen LogP) is 4.11. The largest absolute Gasteiger partial charge is 0.375 e. The van der Waals surface area contributed by atoms with Gasteiger partial charge in [-0.1, -0.05) is 36.8 Å². The zero-order valence-electron chi connectivity index (χ0n) is 13.9. The molecule has 21 heavy (non-hydrogen) atoms. The van der Waals surface area contributed by atoms with Crippen molar-refractivity contribution in [2.24, 2.45) is 5.92 Å². The van der Waals surface area contributed by atoms with Gasteiger partial charge in [0.15, 0.2) is 0 Å². The lowest BCUT2D eigenvalue weighted by Crippen LogP contribution is -2.28. The van der Waals surface area contributed by atoms with E-state index in [0.717, 1.165) is 19.5 Å². The minimum atomic E-state index is 0.457. The Morgan fingerprint density at radius 1 is 1.24 bits per heavy atom. The van der Waals surface area contributed by atoms with Gasteiger partial charge in [-0.25, -0.2) is 0 Å². The van der Waals surface area contributed by atoms with E-state index < -0.39 is 0 Å². The van der Waals surface area contributed by atoms with Crippen LogP contribution in [0.3, 0.4) is 0 Å². The van der Waals surface area contributed by atoms with E-state index >= 15 is 0 Å². The molecule has 1 aromatic carbocycles. The normalized spacial score (nSPS) is 23.4. The maximum atomic E-state index is 6.03. The molecule has 2 rings (SSSR count). The molecule has 1 aromatic rings. The summed E-state index contributed by atoms with van der Waals surface area (Å²) in [5.74, 6) is 0.676. The molecule has 118 valence electrons. The molecule has 2 nitrogen and oxygen atoms in total. The third kappa shape index (κ3) is 5.80. The lowest BCUT2D eigenvalue weighted by Gasteiger charge is -2.21. The molecule has 1 fully saturated rings. The molecule has 0 bridgehead atoms.